The second-order valence-electron chi connectivity index (χ2n) is 8.14. The van der Waals surface area contributed by atoms with E-state index in [4.69, 9.17) is 4.52 Å². The van der Waals surface area contributed by atoms with E-state index in [1.165, 1.54) is 16.8 Å². The normalized spacial score (nSPS) is 19.6. The van der Waals surface area contributed by atoms with Gasteiger partial charge in [0.1, 0.15) is 0 Å². The molecular formula is C21H28N4O4S. The van der Waals surface area contributed by atoms with Crippen LogP contribution in [0.2, 0.25) is 0 Å². The van der Waals surface area contributed by atoms with Crippen molar-refractivity contribution in [2.45, 2.75) is 63.3 Å². The van der Waals surface area contributed by atoms with Crippen molar-refractivity contribution in [3.63, 3.8) is 0 Å². The molecule has 0 radical (unpaired) electrons. The molecule has 162 valence electrons. The summed E-state index contributed by atoms with van der Waals surface area (Å²) >= 11 is 0. The quantitative estimate of drug-likeness (QED) is 0.694. The molecule has 2 heterocycles. The van der Waals surface area contributed by atoms with Crippen LogP contribution in [0.5, 0.6) is 0 Å². The Bertz CT molecular complexity index is 1030. The molecule has 1 aromatic heterocycles. The summed E-state index contributed by atoms with van der Waals surface area (Å²) in [4.78, 5) is 18.6. The Morgan fingerprint density at radius 2 is 2.07 bits per heavy atom. The summed E-state index contributed by atoms with van der Waals surface area (Å²) in [5.74, 6) is 0.970. The molecule has 9 heteroatoms. The fourth-order valence-corrected chi connectivity index (χ4v) is 6.08. The molecule has 0 N–H and O–H groups in total. The third-order valence-electron chi connectivity index (χ3n) is 6.06. The highest BCUT2D eigenvalue weighted by Gasteiger charge is 2.34. The number of nitrogens with zero attached hydrogens (tertiary/aromatic N) is 4. The summed E-state index contributed by atoms with van der Waals surface area (Å²) < 4.78 is 33.1. The molecule has 1 amide bonds. The number of hydrogen-bond donors (Lipinski definition) is 0. The number of amides is 1. The summed E-state index contributed by atoms with van der Waals surface area (Å²) in [6.07, 6.45) is 5.02. The van der Waals surface area contributed by atoms with Gasteiger partial charge >= 0.3 is 0 Å². The van der Waals surface area contributed by atoms with Gasteiger partial charge in [-0.2, -0.15) is 9.29 Å². The number of sulfonamides is 1. The van der Waals surface area contributed by atoms with Crippen molar-refractivity contribution in [2.75, 3.05) is 19.6 Å². The van der Waals surface area contributed by atoms with E-state index < -0.39 is 10.0 Å². The smallest absolute Gasteiger partial charge is 0.243 e. The van der Waals surface area contributed by atoms with Crippen molar-refractivity contribution >= 4 is 15.9 Å². The number of fused-ring (bicyclic) bond motifs is 1. The Morgan fingerprint density at radius 3 is 2.80 bits per heavy atom. The average molecular weight is 433 g/mol. The van der Waals surface area contributed by atoms with Crippen LogP contribution in [0.15, 0.2) is 27.6 Å². The summed E-state index contributed by atoms with van der Waals surface area (Å²) in [5, 5.41) is 3.88. The number of carbonyl (C=O) groups is 1. The first-order valence-corrected chi connectivity index (χ1v) is 12.0. The van der Waals surface area contributed by atoms with Gasteiger partial charge in [0.25, 0.3) is 0 Å². The molecule has 1 atom stereocenters. The van der Waals surface area contributed by atoms with Crippen LogP contribution in [-0.4, -0.2) is 59.3 Å². The Balaban J connectivity index is 1.48. The topological polar surface area (TPSA) is 96.6 Å². The zero-order valence-electron chi connectivity index (χ0n) is 17.5. The van der Waals surface area contributed by atoms with Crippen molar-refractivity contribution < 1.29 is 17.7 Å². The molecule has 1 aromatic carbocycles. The number of rotatable bonds is 6. The Hall–Kier alpha value is -2.26. The van der Waals surface area contributed by atoms with E-state index >= 15 is 0 Å². The zero-order valence-corrected chi connectivity index (χ0v) is 18.3. The highest BCUT2D eigenvalue weighted by atomic mass is 32.2. The monoisotopic (exact) mass is 432 g/mol. The van der Waals surface area contributed by atoms with E-state index in [-0.39, 0.29) is 11.9 Å². The molecule has 30 heavy (non-hydrogen) atoms. The van der Waals surface area contributed by atoms with Gasteiger partial charge in [0.15, 0.2) is 5.82 Å². The third kappa shape index (κ3) is 4.27. The van der Waals surface area contributed by atoms with Gasteiger partial charge in [-0.15, -0.1) is 0 Å². The van der Waals surface area contributed by atoms with Gasteiger partial charge in [-0.05, 0) is 55.4 Å². The van der Waals surface area contributed by atoms with E-state index in [0.717, 1.165) is 37.7 Å². The third-order valence-corrected chi connectivity index (χ3v) is 7.92. The number of benzene rings is 1. The molecular weight excluding hydrogens is 404 g/mol. The van der Waals surface area contributed by atoms with Gasteiger partial charge in [-0.3, -0.25) is 4.79 Å². The molecule has 4 rings (SSSR count). The molecule has 1 fully saturated rings. The average Bonchev–Trinajstić information content (AvgIpc) is 3.36. The van der Waals surface area contributed by atoms with Gasteiger partial charge in [0.05, 0.1) is 4.90 Å². The molecule has 1 saturated heterocycles. The van der Waals surface area contributed by atoms with Crippen LogP contribution in [-0.2, 0) is 34.1 Å². The summed E-state index contributed by atoms with van der Waals surface area (Å²) in [6.45, 7) is 4.47. The van der Waals surface area contributed by atoms with Gasteiger partial charge in [-0.1, -0.05) is 11.2 Å². The number of piperidine rings is 1. The Kier molecular flexibility index (Phi) is 5.92. The molecule has 1 aliphatic carbocycles. The molecule has 1 unspecified atom stereocenters. The predicted octanol–water partition coefficient (Wildman–Crippen LogP) is 2.11. The standard InChI is InChI=1S/C21H28N4O4S/c1-15-22-21(23-29-15)10-12-25(16(2)26)19-7-4-11-24(14-19)30(27,28)20-9-8-17-5-3-6-18(17)13-20/h8-9,13,19H,3-7,10-12,14H2,1-2H3. The first-order valence-electron chi connectivity index (χ1n) is 10.5. The van der Waals surface area contributed by atoms with Crippen molar-refractivity contribution in [1.29, 1.82) is 0 Å². The zero-order chi connectivity index (χ0) is 21.3. The van der Waals surface area contributed by atoms with E-state index in [2.05, 4.69) is 10.1 Å². The molecule has 1 aliphatic heterocycles. The van der Waals surface area contributed by atoms with Crippen molar-refractivity contribution in [3.8, 4) is 0 Å². The van der Waals surface area contributed by atoms with E-state index in [0.29, 0.717) is 42.7 Å². The second kappa shape index (κ2) is 8.47. The van der Waals surface area contributed by atoms with Crippen LogP contribution in [0, 0.1) is 6.92 Å². The van der Waals surface area contributed by atoms with Gasteiger partial charge in [0, 0.05) is 45.9 Å². The van der Waals surface area contributed by atoms with Gasteiger partial charge in [-0.25, -0.2) is 8.42 Å². The van der Waals surface area contributed by atoms with E-state index in [9.17, 15) is 13.2 Å². The Morgan fingerprint density at radius 1 is 1.27 bits per heavy atom. The van der Waals surface area contributed by atoms with E-state index in [1.807, 2.05) is 12.1 Å². The van der Waals surface area contributed by atoms with Crippen molar-refractivity contribution in [3.05, 3.63) is 41.0 Å². The van der Waals surface area contributed by atoms with Gasteiger partial charge in [0.2, 0.25) is 21.8 Å². The minimum absolute atomic E-state index is 0.0722. The minimum Gasteiger partial charge on any atom is -0.340 e. The Labute approximate surface area is 177 Å². The summed E-state index contributed by atoms with van der Waals surface area (Å²) in [7, 11) is -3.58. The maximum atomic E-state index is 13.3. The van der Waals surface area contributed by atoms with Crippen LogP contribution in [0.4, 0.5) is 0 Å². The van der Waals surface area contributed by atoms with Crippen LogP contribution in [0.3, 0.4) is 0 Å². The van der Waals surface area contributed by atoms with Crippen molar-refractivity contribution in [2.24, 2.45) is 0 Å². The molecule has 2 aromatic rings. The molecule has 2 aliphatic rings. The van der Waals surface area contributed by atoms with Crippen LogP contribution < -0.4 is 0 Å². The maximum Gasteiger partial charge on any atom is 0.243 e. The number of carbonyl (C=O) groups excluding carboxylic acids is 1. The predicted molar refractivity (Wildman–Crippen MR) is 110 cm³/mol. The lowest BCUT2D eigenvalue weighted by molar-refractivity contribution is -0.131. The highest BCUT2D eigenvalue weighted by molar-refractivity contribution is 7.89. The van der Waals surface area contributed by atoms with E-state index in [1.54, 1.807) is 17.9 Å². The van der Waals surface area contributed by atoms with Crippen LogP contribution in [0.1, 0.15) is 49.0 Å². The molecule has 0 bridgehead atoms. The van der Waals surface area contributed by atoms with Crippen LogP contribution >= 0.6 is 0 Å². The number of hydrogen-bond acceptors (Lipinski definition) is 6. The lowest BCUT2D eigenvalue weighted by atomic mass is 10.1. The fourth-order valence-electron chi connectivity index (χ4n) is 4.51. The second-order valence-corrected chi connectivity index (χ2v) is 10.1. The SMILES string of the molecule is CC(=O)N(CCc1noc(C)n1)C1CCCN(S(=O)(=O)c2ccc3c(c2)CCC3)C1. The lowest BCUT2D eigenvalue weighted by Gasteiger charge is -2.38. The molecule has 0 spiro atoms. The first-order chi connectivity index (χ1) is 14.3. The highest BCUT2D eigenvalue weighted by Crippen LogP contribution is 2.28. The summed E-state index contributed by atoms with van der Waals surface area (Å²) in [6, 6.07) is 5.35. The first kappa shape index (κ1) is 21.0. The number of aryl methyl sites for hydroxylation is 3. The van der Waals surface area contributed by atoms with Gasteiger partial charge < -0.3 is 9.42 Å². The fraction of sp³-hybridized carbons (Fsp3) is 0.571. The largest absolute Gasteiger partial charge is 0.340 e. The maximum absolute atomic E-state index is 13.3. The lowest BCUT2D eigenvalue weighted by Crippen LogP contribution is -2.51. The number of aromatic nitrogens is 2. The summed E-state index contributed by atoms with van der Waals surface area (Å²) in [5.41, 5.74) is 2.40. The molecule has 8 nitrogen and oxygen atoms in total. The van der Waals surface area contributed by atoms with Crippen LogP contribution in [0.25, 0.3) is 0 Å². The van der Waals surface area contributed by atoms with Crippen molar-refractivity contribution in [1.82, 2.24) is 19.3 Å². The molecule has 0 saturated carbocycles. The minimum atomic E-state index is -3.58.